The lowest BCUT2D eigenvalue weighted by Gasteiger charge is -2.32. The Morgan fingerprint density at radius 3 is 2.21 bits per heavy atom. The number of nitriles is 1. The number of nitrogens with zero attached hydrogens (tertiary/aromatic N) is 3. The Hall–Kier alpha value is -0.980. The minimum atomic E-state index is -3.72. The van der Waals surface area contributed by atoms with Crippen molar-refractivity contribution in [2.75, 3.05) is 33.2 Å². The third kappa shape index (κ3) is 5.33. The highest BCUT2D eigenvalue weighted by Gasteiger charge is 2.30. The number of sulfonamides is 1. The SMILES string of the molecule is CN1CCN(S(=O)(=O)c2cc(C#N)ccc2Sc2cc(Cl)cc(Cl)c2)CC1.Cl. The molecule has 28 heavy (non-hydrogen) atoms. The van der Waals surface area contributed by atoms with E-state index in [0.717, 1.165) is 4.90 Å². The van der Waals surface area contributed by atoms with Crippen molar-refractivity contribution in [1.82, 2.24) is 9.21 Å². The van der Waals surface area contributed by atoms with E-state index >= 15 is 0 Å². The average Bonchev–Trinajstić information content (AvgIpc) is 2.61. The Labute approximate surface area is 185 Å². The fourth-order valence-corrected chi connectivity index (χ4v) is 6.28. The van der Waals surface area contributed by atoms with Gasteiger partial charge in [-0.15, -0.1) is 12.4 Å². The number of rotatable bonds is 4. The smallest absolute Gasteiger partial charge is 0.244 e. The largest absolute Gasteiger partial charge is 0.304 e. The predicted octanol–water partition coefficient (Wildman–Crippen LogP) is 4.37. The molecule has 1 fully saturated rings. The third-order valence-corrected chi connectivity index (χ3v) is 7.77. The Kier molecular flexibility index (Phi) is 8.06. The highest BCUT2D eigenvalue weighted by atomic mass is 35.5. The summed E-state index contributed by atoms with van der Waals surface area (Å²) in [6.45, 7) is 2.18. The molecule has 0 bridgehead atoms. The minimum Gasteiger partial charge on any atom is -0.304 e. The van der Waals surface area contributed by atoms with Gasteiger partial charge in [-0.3, -0.25) is 0 Å². The molecule has 10 heteroatoms. The number of halogens is 3. The summed E-state index contributed by atoms with van der Waals surface area (Å²) in [5.41, 5.74) is 0.302. The van der Waals surface area contributed by atoms with Gasteiger partial charge in [0.15, 0.2) is 0 Å². The summed E-state index contributed by atoms with van der Waals surface area (Å²) >= 11 is 13.4. The van der Waals surface area contributed by atoms with Crippen molar-refractivity contribution in [3.05, 3.63) is 52.0 Å². The van der Waals surface area contributed by atoms with Gasteiger partial charge in [-0.2, -0.15) is 9.57 Å². The molecule has 1 heterocycles. The molecule has 1 aliphatic heterocycles. The number of benzene rings is 2. The van der Waals surface area contributed by atoms with Crippen LogP contribution < -0.4 is 0 Å². The van der Waals surface area contributed by atoms with E-state index in [1.807, 2.05) is 13.1 Å². The fourth-order valence-electron chi connectivity index (χ4n) is 2.75. The van der Waals surface area contributed by atoms with Crippen LogP contribution >= 0.6 is 47.4 Å². The normalized spacial score (nSPS) is 15.6. The standard InChI is InChI=1S/C18H17Cl2N3O2S2.ClH/c1-22-4-6-23(7-5-22)27(24,25)18-8-13(12-21)2-3-17(18)26-16-10-14(19)9-15(20)11-16;/h2-3,8-11H,4-7H2,1H3;1H. The predicted molar refractivity (Wildman–Crippen MR) is 115 cm³/mol. The van der Waals surface area contributed by atoms with Crippen LogP contribution in [0.4, 0.5) is 0 Å². The Morgan fingerprint density at radius 1 is 1.04 bits per heavy atom. The molecule has 2 aromatic carbocycles. The van der Waals surface area contributed by atoms with Gasteiger partial charge in [0.05, 0.1) is 16.5 Å². The lowest BCUT2D eigenvalue weighted by atomic mass is 10.2. The number of likely N-dealkylation sites (N-methyl/N-ethyl adjacent to an activating group) is 1. The first-order chi connectivity index (χ1) is 12.8. The van der Waals surface area contributed by atoms with Gasteiger partial charge in [0, 0.05) is 46.0 Å². The first-order valence-corrected chi connectivity index (χ1v) is 11.2. The van der Waals surface area contributed by atoms with Crippen molar-refractivity contribution in [2.45, 2.75) is 14.7 Å². The average molecular weight is 479 g/mol. The number of hydrogen-bond donors (Lipinski definition) is 0. The molecule has 1 aliphatic rings. The van der Waals surface area contributed by atoms with Gasteiger partial charge in [0.25, 0.3) is 0 Å². The highest BCUT2D eigenvalue weighted by Crippen LogP contribution is 2.37. The molecule has 3 rings (SSSR count). The quantitative estimate of drug-likeness (QED) is 0.653. The van der Waals surface area contributed by atoms with Crippen LogP contribution in [0, 0.1) is 11.3 Å². The lowest BCUT2D eigenvalue weighted by Crippen LogP contribution is -2.47. The molecule has 0 amide bonds. The molecule has 0 aromatic heterocycles. The molecule has 0 radical (unpaired) electrons. The molecule has 2 aromatic rings. The van der Waals surface area contributed by atoms with E-state index in [0.29, 0.717) is 46.7 Å². The van der Waals surface area contributed by atoms with E-state index in [1.165, 1.54) is 22.1 Å². The Bertz CT molecular complexity index is 981. The maximum absolute atomic E-state index is 13.2. The molecular formula is C18H18Cl3N3O2S2. The first kappa shape index (κ1) is 23.3. The summed E-state index contributed by atoms with van der Waals surface area (Å²) in [4.78, 5) is 3.48. The molecular weight excluding hydrogens is 461 g/mol. The second kappa shape index (κ2) is 9.68. The minimum absolute atomic E-state index is 0. The summed E-state index contributed by atoms with van der Waals surface area (Å²) in [6, 6.07) is 11.8. The van der Waals surface area contributed by atoms with E-state index in [-0.39, 0.29) is 17.3 Å². The lowest BCUT2D eigenvalue weighted by molar-refractivity contribution is 0.222. The van der Waals surface area contributed by atoms with E-state index in [1.54, 1.807) is 30.3 Å². The molecule has 0 aliphatic carbocycles. The van der Waals surface area contributed by atoms with Crippen molar-refractivity contribution in [2.24, 2.45) is 0 Å². The van der Waals surface area contributed by atoms with Crippen LogP contribution in [-0.4, -0.2) is 50.8 Å². The summed E-state index contributed by atoms with van der Waals surface area (Å²) in [5, 5.41) is 10.2. The van der Waals surface area contributed by atoms with Crippen molar-refractivity contribution in [3.63, 3.8) is 0 Å². The monoisotopic (exact) mass is 477 g/mol. The second-order valence-electron chi connectivity index (χ2n) is 6.19. The van der Waals surface area contributed by atoms with Crippen molar-refractivity contribution in [1.29, 1.82) is 5.26 Å². The van der Waals surface area contributed by atoms with Crippen LogP contribution in [0.1, 0.15) is 5.56 Å². The Morgan fingerprint density at radius 2 is 1.64 bits per heavy atom. The van der Waals surface area contributed by atoms with Gasteiger partial charge < -0.3 is 4.90 Å². The number of hydrogen-bond acceptors (Lipinski definition) is 5. The van der Waals surface area contributed by atoms with Crippen LogP contribution in [0.15, 0.2) is 51.1 Å². The molecule has 150 valence electrons. The molecule has 0 N–H and O–H groups in total. The zero-order valence-corrected chi connectivity index (χ0v) is 18.9. The van der Waals surface area contributed by atoms with E-state index < -0.39 is 10.0 Å². The molecule has 0 atom stereocenters. The summed E-state index contributed by atoms with van der Waals surface area (Å²) < 4.78 is 27.9. The third-order valence-electron chi connectivity index (χ3n) is 4.22. The van der Waals surface area contributed by atoms with Crippen molar-refractivity contribution in [3.8, 4) is 6.07 Å². The van der Waals surface area contributed by atoms with Gasteiger partial charge in [-0.25, -0.2) is 8.42 Å². The van der Waals surface area contributed by atoms with Crippen LogP contribution in [0.2, 0.25) is 10.0 Å². The fraction of sp³-hybridized carbons (Fsp3) is 0.278. The molecule has 0 spiro atoms. The Balaban J connectivity index is 0.00000280. The van der Waals surface area contributed by atoms with Gasteiger partial charge in [-0.1, -0.05) is 35.0 Å². The summed E-state index contributed by atoms with van der Waals surface area (Å²) in [7, 11) is -1.76. The van der Waals surface area contributed by atoms with Gasteiger partial charge in [-0.05, 0) is 43.4 Å². The number of piperazine rings is 1. The van der Waals surface area contributed by atoms with E-state index in [2.05, 4.69) is 4.90 Å². The zero-order valence-electron chi connectivity index (χ0n) is 14.9. The summed E-state index contributed by atoms with van der Waals surface area (Å²) in [5.74, 6) is 0. The van der Waals surface area contributed by atoms with Crippen LogP contribution in [0.5, 0.6) is 0 Å². The second-order valence-corrected chi connectivity index (χ2v) is 10.1. The van der Waals surface area contributed by atoms with Crippen LogP contribution in [-0.2, 0) is 10.0 Å². The van der Waals surface area contributed by atoms with Gasteiger partial charge in [0.1, 0.15) is 0 Å². The molecule has 0 saturated carbocycles. The van der Waals surface area contributed by atoms with E-state index in [4.69, 9.17) is 23.2 Å². The topological polar surface area (TPSA) is 64.4 Å². The molecule has 0 unspecified atom stereocenters. The maximum Gasteiger partial charge on any atom is 0.244 e. The molecule has 1 saturated heterocycles. The van der Waals surface area contributed by atoms with Crippen molar-refractivity contribution < 1.29 is 8.42 Å². The van der Waals surface area contributed by atoms with Gasteiger partial charge >= 0.3 is 0 Å². The van der Waals surface area contributed by atoms with Crippen molar-refractivity contribution >= 4 is 57.4 Å². The van der Waals surface area contributed by atoms with Gasteiger partial charge in [0.2, 0.25) is 10.0 Å². The molecule has 5 nitrogen and oxygen atoms in total. The van der Waals surface area contributed by atoms with E-state index in [9.17, 15) is 13.7 Å². The van der Waals surface area contributed by atoms with Crippen LogP contribution in [0.25, 0.3) is 0 Å². The summed E-state index contributed by atoms with van der Waals surface area (Å²) in [6.07, 6.45) is 0. The highest BCUT2D eigenvalue weighted by molar-refractivity contribution is 8.00. The maximum atomic E-state index is 13.2. The zero-order chi connectivity index (χ0) is 19.6. The van der Waals surface area contributed by atoms with Crippen LogP contribution in [0.3, 0.4) is 0 Å². The first-order valence-electron chi connectivity index (χ1n) is 8.16.